The zero-order valence-electron chi connectivity index (χ0n) is 21.4. The first kappa shape index (κ1) is 25.1. The number of nitrogens with zero attached hydrogens (tertiary/aromatic N) is 4. The van der Waals surface area contributed by atoms with Gasteiger partial charge < -0.3 is 9.64 Å². The Balaban J connectivity index is 0.00000289. The third kappa shape index (κ3) is 4.50. The lowest BCUT2D eigenvalue weighted by Gasteiger charge is -2.28. The van der Waals surface area contributed by atoms with Crippen molar-refractivity contribution >= 4 is 23.9 Å². The molecule has 0 radical (unpaired) electrons. The standard InChI is InChI=1S/C29H34N4O.ClH/c1-6-16-32(18-22-11-8-7-10-19(22)2)29-25-12-9-13-26(25)30-28-27(21(4)31-33(28)29)24-15-14-23(34-5)17-20(24)3;/h7-8,10-11,14-15,17H,6,9,12-13,16,18H2,1-5H3;1H. The molecule has 6 heteroatoms. The van der Waals surface area contributed by atoms with Crippen molar-refractivity contribution in [3.63, 3.8) is 0 Å². The molecule has 5 nitrogen and oxygen atoms in total. The van der Waals surface area contributed by atoms with Gasteiger partial charge in [-0.1, -0.05) is 37.3 Å². The zero-order chi connectivity index (χ0) is 23.8. The molecule has 2 aromatic heterocycles. The second-order valence-electron chi connectivity index (χ2n) is 9.44. The van der Waals surface area contributed by atoms with E-state index in [9.17, 15) is 0 Å². The van der Waals surface area contributed by atoms with Crippen molar-refractivity contribution in [1.29, 1.82) is 0 Å². The number of hydrogen-bond acceptors (Lipinski definition) is 4. The zero-order valence-corrected chi connectivity index (χ0v) is 22.2. The first-order valence-corrected chi connectivity index (χ1v) is 12.4. The summed E-state index contributed by atoms with van der Waals surface area (Å²) in [5, 5.41) is 5.10. The second-order valence-corrected chi connectivity index (χ2v) is 9.44. The first-order valence-electron chi connectivity index (χ1n) is 12.4. The number of ether oxygens (including phenoxy) is 1. The van der Waals surface area contributed by atoms with Gasteiger partial charge in [-0.3, -0.25) is 0 Å². The van der Waals surface area contributed by atoms with Crippen LogP contribution in [0, 0.1) is 20.8 Å². The van der Waals surface area contributed by atoms with Crippen LogP contribution in [0.1, 0.15) is 53.4 Å². The highest BCUT2D eigenvalue weighted by atomic mass is 35.5. The van der Waals surface area contributed by atoms with Gasteiger partial charge in [0.25, 0.3) is 0 Å². The lowest BCUT2D eigenvalue weighted by molar-refractivity contribution is 0.414. The lowest BCUT2D eigenvalue weighted by atomic mass is 10.0. The maximum Gasteiger partial charge on any atom is 0.165 e. The summed E-state index contributed by atoms with van der Waals surface area (Å²) in [5.74, 6) is 2.10. The fourth-order valence-electron chi connectivity index (χ4n) is 5.32. The van der Waals surface area contributed by atoms with Gasteiger partial charge in [0.2, 0.25) is 0 Å². The quantitative estimate of drug-likeness (QED) is 0.290. The molecule has 0 N–H and O–H groups in total. The monoisotopic (exact) mass is 490 g/mol. The van der Waals surface area contributed by atoms with E-state index >= 15 is 0 Å². The van der Waals surface area contributed by atoms with Gasteiger partial charge in [0.05, 0.1) is 12.8 Å². The summed E-state index contributed by atoms with van der Waals surface area (Å²) >= 11 is 0. The molecule has 0 bridgehead atoms. The van der Waals surface area contributed by atoms with E-state index in [1.54, 1.807) is 7.11 Å². The van der Waals surface area contributed by atoms with E-state index in [1.807, 2.05) is 6.07 Å². The van der Waals surface area contributed by atoms with Crippen LogP contribution in [0.2, 0.25) is 0 Å². The molecule has 184 valence electrons. The molecule has 35 heavy (non-hydrogen) atoms. The Morgan fingerprint density at radius 1 is 1.03 bits per heavy atom. The second kappa shape index (κ2) is 10.3. The number of aryl methyl sites for hydroxylation is 4. The summed E-state index contributed by atoms with van der Waals surface area (Å²) in [4.78, 5) is 7.73. The fraction of sp³-hybridized carbons (Fsp3) is 0.379. The van der Waals surface area contributed by atoms with Crippen molar-refractivity contribution in [2.45, 2.75) is 59.9 Å². The average molecular weight is 491 g/mol. The number of anilines is 1. The van der Waals surface area contributed by atoms with Crippen molar-refractivity contribution in [2.24, 2.45) is 0 Å². The van der Waals surface area contributed by atoms with E-state index in [-0.39, 0.29) is 12.4 Å². The van der Waals surface area contributed by atoms with Crippen LogP contribution in [-0.4, -0.2) is 28.3 Å². The molecule has 0 aliphatic heterocycles. The predicted octanol–water partition coefficient (Wildman–Crippen LogP) is 6.66. The normalized spacial score (nSPS) is 12.5. The molecule has 2 heterocycles. The molecule has 0 saturated carbocycles. The smallest absolute Gasteiger partial charge is 0.165 e. The van der Waals surface area contributed by atoms with Crippen molar-refractivity contribution < 1.29 is 4.74 Å². The molecule has 4 aromatic rings. The lowest BCUT2D eigenvalue weighted by Crippen LogP contribution is -2.28. The first-order chi connectivity index (χ1) is 16.5. The summed E-state index contributed by atoms with van der Waals surface area (Å²) in [6, 6.07) is 15.0. The minimum atomic E-state index is 0. The highest BCUT2D eigenvalue weighted by molar-refractivity contribution is 5.85. The Hall–Kier alpha value is -3.05. The van der Waals surface area contributed by atoms with Crippen LogP contribution in [-0.2, 0) is 19.4 Å². The molecule has 0 saturated heterocycles. The van der Waals surface area contributed by atoms with Gasteiger partial charge in [0.15, 0.2) is 5.65 Å². The van der Waals surface area contributed by atoms with Crippen molar-refractivity contribution in [2.75, 3.05) is 18.6 Å². The molecule has 0 atom stereocenters. The minimum absolute atomic E-state index is 0. The van der Waals surface area contributed by atoms with E-state index in [4.69, 9.17) is 14.8 Å². The molecule has 2 aromatic carbocycles. The van der Waals surface area contributed by atoms with Gasteiger partial charge in [0.1, 0.15) is 11.6 Å². The molecule has 0 spiro atoms. The van der Waals surface area contributed by atoms with E-state index in [0.717, 1.165) is 61.4 Å². The number of aromatic nitrogens is 3. The molecule has 1 aliphatic carbocycles. The maximum atomic E-state index is 5.45. The molecule has 0 unspecified atom stereocenters. The Morgan fingerprint density at radius 3 is 2.54 bits per heavy atom. The van der Waals surface area contributed by atoms with Crippen molar-refractivity contribution in [3.05, 3.63) is 76.1 Å². The topological polar surface area (TPSA) is 42.7 Å². The van der Waals surface area contributed by atoms with Crippen LogP contribution in [0.15, 0.2) is 42.5 Å². The van der Waals surface area contributed by atoms with Crippen LogP contribution in [0.25, 0.3) is 16.8 Å². The largest absolute Gasteiger partial charge is 0.497 e. The Morgan fingerprint density at radius 2 is 1.83 bits per heavy atom. The number of methoxy groups -OCH3 is 1. The molecular formula is C29H35ClN4O. The predicted molar refractivity (Wildman–Crippen MR) is 146 cm³/mol. The highest BCUT2D eigenvalue weighted by Crippen LogP contribution is 2.38. The van der Waals surface area contributed by atoms with Gasteiger partial charge >= 0.3 is 0 Å². The molecule has 5 rings (SSSR count). The molecule has 0 fully saturated rings. The van der Waals surface area contributed by atoms with E-state index < -0.39 is 0 Å². The number of benzene rings is 2. The maximum absolute atomic E-state index is 5.45. The van der Waals surface area contributed by atoms with Gasteiger partial charge in [-0.25, -0.2) is 4.98 Å². The molecular weight excluding hydrogens is 456 g/mol. The summed E-state index contributed by atoms with van der Waals surface area (Å²) in [7, 11) is 1.71. The number of fused-ring (bicyclic) bond motifs is 2. The third-order valence-corrected chi connectivity index (χ3v) is 7.05. The van der Waals surface area contributed by atoms with E-state index in [1.165, 1.54) is 39.3 Å². The summed E-state index contributed by atoms with van der Waals surface area (Å²) in [6.07, 6.45) is 4.34. The average Bonchev–Trinajstić information content (AvgIpc) is 3.42. The van der Waals surface area contributed by atoms with E-state index in [0.29, 0.717) is 0 Å². The number of hydrogen-bond donors (Lipinski definition) is 0. The van der Waals surface area contributed by atoms with Crippen molar-refractivity contribution in [3.8, 4) is 16.9 Å². The molecule has 0 amide bonds. The van der Waals surface area contributed by atoms with Crippen LogP contribution < -0.4 is 9.64 Å². The summed E-state index contributed by atoms with van der Waals surface area (Å²) in [6.45, 7) is 10.6. The van der Waals surface area contributed by atoms with Crippen LogP contribution >= 0.6 is 12.4 Å². The van der Waals surface area contributed by atoms with Gasteiger partial charge in [-0.05, 0) is 80.8 Å². The van der Waals surface area contributed by atoms with Gasteiger partial charge in [0, 0.05) is 29.9 Å². The Labute approximate surface area is 214 Å². The SMILES string of the molecule is CCCN(Cc1ccccc1C)c1c2c(nc3c(-c4ccc(OC)cc4C)c(C)nn13)CCC2.Cl. The third-order valence-electron chi connectivity index (χ3n) is 7.05. The molecule has 1 aliphatic rings. The fourth-order valence-corrected chi connectivity index (χ4v) is 5.32. The van der Waals surface area contributed by atoms with Crippen molar-refractivity contribution in [1.82, 2.24) is 14.6 Å². The number of halogens is 1. The van der Waals surface area contributed by atoms with Crippen LogP contribution in [0.5, 0.6) is 5.75 Å². The van der Waals surface area contributed by atoms with Crippen LogP contribution in [0.4, 0.5) is 5.82 Å². The Kier molecular flexibility index (Phi) is 7.36. The van der Waals surface area contributed by atoms with Crippen LogP contribution in [0.3, 0.4) is 0 Å². The summed E-state index contributed by atoms with van der Waals surface area (Å²) < 4.78 is 7.58. The van der Waals surface area contributed by atoms with Gasteiger partial charge in [-0.2, -0.15) is 9.61 Å². The minimum Gasteiger partial charge on any atom is -0.497 e. The Bertz CT molecular complexity index is 1360. The number of rotatable bonds is 7. The summed E-state index contributed by atoms with van der Waals surface area (Å²) in [5.41, 5.74) is 10.8. The van der Waals surface area contributed by atoms with E-state index in [2.05, 4.69) is 73.5 Å². The highest BCUT2D eigenvalue weighted by Gasteiger charge is 2.27. The van der Waals surface area contributed by atoms with Gasteiger partial charge in [-0.15, -0.1) is 12.4 Å².